The van der Waals surface area contributed by atoms with Crippen molar-refractivity contribution in [2.75, 3.05) is 0 Å². The first kappa shape index (κ1) is 10.6. The van der Waals surface area contributed by atoms with Gasteiger partial charge in [0.15, 0.2) is 5.16 Å². The summed E-state index contributed by atoms with van der Waals surface area (Å²) < 4.78 is 1.20. The Labute approximate surface area is 96.8 Å². The molecule has 0 bridgehead atoms. The summed E-state index contributed by atoms with van der Waals surface area (Å²) in [5, 5.41) is 2.82. The van der Waals surface area contributed by atoms with Crippen LogP contribution in [0.2, 0.25) is 0 Å². The maximum Gasteiger partial charge on any atom is 0.193 e. The molecule has 2 aromatic rings. The topological polar surface area (TPSA) is 51.8 Å². The van der Waals surface area contributed by atoms with E-state index in [4.69, 9.17) is 5.73 Å². The van der Waals surface area contributed by atoms with Crippen molar-refractivity contribution < 1.29 is 0 Å². The van der Waals surface area contributed by atoms with E-state index in [1.807, 2.05) is 24.4 Å². The molecule has 2 N–H and O–H groups in total. The number of rotatable bonds is 3. The average Bonchev–Trinajstić information content (AvgIpc) is 2.69. The highest BCUT2D eigenvalue weighted by Crippen LogP contribution is 2.28. The van der Waals surface area contributed by atoms with E-state index < -0.39 is 0 Å². The number of nitrogens with zero attached hydrogens (tertiary/aromatic N) is 2. The third kappa shape index (κ3) is 2.77. The van der Waals surface area contributed by atoms with Crippen LogP contribution in [0.4, 0.5) is 0 Å². The highest BCUT2D eigenvalue weighted by Gasteiger charge is 2.04. The molecule has 0 unspecified atom stereocenters. The van der Waals surface area contributed by atoms with Gasteiger partial charge in [0.1, 0.15) is 0 Å². The molecule has 2 heterocycles. The first-order valence-electron chi connectivity index (χ1n) is 4.54. The van der Waals surface area contributed by atoms with Crippen LogP contribution in [0.5, 0.6) is 0 Å². The summed E-state index contributed by atoms with van der Waals surface area (Å²) in [5.74, 6) is 0. The van der Waals surface area contributed by atoms with E-state index in [2.05, 4.69) is 16.0 Å². The molecule has 0 fully saturated rings. The second-order valence-corrected chi connectivity index (χ2v) is 5.24. The van der Waals surface area contributed by atoms with Gasteiger partial charge in [-0.1, -0.05) is 6.07 Å². The summed E-state index contributed by atoms with van der Waals surface area (Å²) in [6.07, 6.45) is 0. The fourth-order valence-corrected chi connectivity index (χ4v) is 2.88. The van der Waals surface area contributed by atoms with Crippen molar-refractivity contribution in [3.05, 3.63) is 35.0 Å². The van der Waals surface area contributed by atoms with E-state index in [-0.39, 0.29) is 0 Å². The van der Waals surface area contributed by atoms with Gasteiger partial charge in [-0.3, -0.25) is 0 Å². The highest BCUT2D eigenvalue weighted by molar-refractivity contribution is 8.01. The van der Waals surface area contributed by atoms with Crippen molar-refractivity contribution in [2.45, 2.75) is 22.8 Å². The Hall–Kier alpha value is -0.910. The van der Waals surface area contributed by atoms with Gasteiger partial charge >= 0.3 is 0 Å². The maximum atomic E-state index is 5.56. The van der Waals surface area contributed by atoms with Crippen molar-refractivity contribution in [1.82, 2.24) is 9.97 Å². The summed E-state index contributed by atoms with van der Waals surface area (Å²) in [5.41, 5.74) is 7.42. The van der Waals surface area contributed by atoms with Crippen LogP contribution >= 0.6 is 23.1 Å². The quantitative estimate of drug-likeness (QED) is 0.833. The van der Waals surface area contributed by atoms with Crippen LogP contribution in [0, 0.1) is 6.92 Å². The van der Waals surface area contributed by atoms with Crippen molar-refractivity contribution >= 4 is 23.1 Å². The van der Waals surface area contributed by atoms with Crippen molar-refractivity contribution in [1.29, 1.82) is 0 Å². The predicted octanol–water partition coefficient (Wildman–Crippen LogP) is 2.46. The Morgan fingerprint density at radius 1 is 1.47 bits per heavy atom. The van der Waals surface area contributed by atoms with E-state index in [9.17, 15) is 0 Å². The zero-order valence-electron chi connectivity index (χ0n) is 8.30. The minimum Gasteiger partial charge on any atom is -0.325 e. The number of aromatic nitrogens is 2. The molecule has 0 amide bonds. The second kappa shape index (κ2) is 4.74. The lowest BCUT2D eigenvalue weighted by atomic mass is 10.3. The average molecular weight is 237 g/mol. The molecule has 0 aliphatic heterocycles. The summed E-state index contributed by atoms with van der Waals surface area (Å²) in [6.45, 7) is 2.42. The third-order valence-corrected chi connectivity index (χ3v) is 3.69. The van der Waals surface area contributed by atoms with Crippen LogP contribution in [0.25, 0.3) is 0 Å². The van der Waals surface area contributed by atoms with Gasteiger partial charge in [0.25, 0.3) is 0 Å². The van der Waals surface area contributed by atoms with Crippen LogP contribution in [-0.2, 0) is 6.54 Å². The van der Waals surface area contributed by atoms with Crippen molar-refractivity contribution in [3.8, 4) is 0 Å². The lowest BCUT2D eigenvalue weighted by Gasteiger charge is -2.02. The molecule has 0 saturated carbocycles. The van der Waals surface area contributed by atoms with Crippen LogP contribution < -0.4 is 5.73 Å². The molecule has 78 valence electrons. The van der Waals surface area contributed by atoms with Gasteiger partial charge in [-0.15, -0.1) is 11.3 Å². The van der Waals surface area contributed by atoms with Gasteiger partial charge in [-0.2, -0.15) is 0 Å². The molecule has 3 nitrogen and oxygen atoms in total. The van der Waals surface area contributed by atoms with Gasteiger partial charge in [0, 0.05) is 12.2 Å². The molecule has 0 atom stereocenters. The van der Waals surface area contributed by atoms with E-state index in [0.29, 0.717) is 6.54 Å². The summed E-state index contributed by atoms with van der Waals surface area (Å²) in [7, 11) is 0. The molecule has 0 radical (unpaired) electrons. The number of hydrogen-bond donors (Lipinski definition) is 1. The number of hydrogen-bond acceptors (Lipinski definition) is 5. The summed E-state index contributed by atoms with van der Waals surface area (Å²) >= 11 is 3.27. The monoisotopic (exact) mass is 237 g/mol. The van der Waals surface area contributed by atoms with Gasteiger partial charge in [-0.25, -0.2) is 9.97 Å². The largest absolute Gasteiger partial charge is 0.325 e. The third-order valence-electron chi connectivity index (χ3n) is 1.78. The van der Waals surface area contributed by atoms with Crippen molar-refractivity contribution in [2.24, 2.45) is 5.73 Å². The predicted molar refractivity (Wildman–Crippen MR) is 63.1 cm³/mol. The van der Waals surface area contributed by atoms with Gasteiger partial charge < -0.3 is 5.73 Å². The van der Waals surface area contributed by atoms with Crippen LogP contribution in [-0.4, -0.2) is 9.97 Å². The molecular weight excluding hydrogens is 226 g/mol. The lowest BCUT2D eigenvalue weighted by molar-refractivity contribution is 0.855. The van der Waals surface area contributed by atoms with Gasteiger partial charge in [-0.05, 0) is 36.2 Å². The van der Waals surface area contributed by atoms with Crippen LogP contribution in [0.3, 0.4) is 0 Å². The lowest BCUT2D eigenvalue weighted by Crippen LogP contribution is -2.02. The Morgan fingerprint density at radius 2 is 2.33 bits per heavy atom. The van der Waals surface area contributed by atoms with E-state index in [1.165, 1.54) is 4.21 Å². The second-order valence-electron chi connectivity index (χ2n) is 3.02. The standard InChI is InChI=1S/C10H11N3S2/c1-7-5-8(6-11)13-10(12-7)15-9-3-2-4-14-9/h2-5H,6,11H2,1H3. The molecule has 15 heavy (non-hydrogen) atoms. The molecule has 5 heteroatoms. The Balaban J connectivity index is 2.24. The zero-order chi connectivity index (χ0) is 10.7. The highest BCUT2D eigenvalue weighted by atomic mass is 32.2. The first-order chi connectivity index (χ1) is 7.28. The SMILES string of the molecule is Cc1cc(CN)nc(Sc2cccs2)n1. The Kier molecular flexibility index (Phi) is 3.35. The molecule has 2 aromatic heterocycles. The normalized spacial score (nSPS) is 10.5. The van der Waals surface area contributed by atoms with Crippen LogP contribution in [0.15, 0.2) is 32.9 Å². The van der Waals surface area contributed by atoms with Crippen LogP contribution in [0.1, 0.15) is 11.4 Å². The first-order valence-corrected chi connectivity index (χ1v) is 6.23. The van der Waals surface area contributed by atoms with Gasteiger partial charge in [0.2, 0.25) is 0 Å². The number of thiophene rings is 1. The Morgan fingerprint density at radius 3 is 3.00 bits per heavy atom. The molecule has 0 spiro atoms. The fraction of sp³-hybridized carbons (Fsp3) is 0.200. The minimum atomic E-state index is 0.460. The molecule has 2 rings (SSSR count). The molecular formula is C10H11N3S2. The summed E-state index contributed by atoms with van der Waals surface area (Å²) in [4.78, 5) is 8.72. The van der Waals surface area contributed by atoms with Crippen molar-refractivity contribution in [3.63, 3.8) is 0 Å². The van der Waals surface area contributed by atoms with E-state index in [0.717, 1.165) is 16.5 Å². The minimum absolute atomic E-state index is 0.460. The Bertz CT molecular complexity index is 440. The molecule has 0 aliphatic rings. The maximum absolute atomic E-state index is 5.56. The smallest absolute Gasteiger partial charge is 0.193 e. The number of aryl methyl sites for hydroxylation is 1. The molecule has 0 saturated heterocycles. The van der Waals surface area contributed by atoms with E-state index in [1.54, 1.807) is 23.1 Å². The summed E-state index contributed by atoms with van der Waals surface area (Å²) in [6, 6.07) is 5.99. The molecule has 0 aromatic carbocycles. The zero-order valence-corrected chi connectivity index (χ0v) is 9.94. The fourth-order valence-electron chi connectivity index (χ4n) is 1.17. The number of nitrogens with two attached hydrogens (primary N) is 1. The molecule has 0 aliphatic carbocycles. The van der Waals surface area contributed by atoms with E-state index >= 15 is 0 Å². The van der Waals surface area contributed by atoms with Gasteiger partial charge in [0.05, 0.1) is 9.90 Å².